The Balaban J connectivity index is 1.41. The van der Waals surface area contributed by atoms with Gasteiger partial charge in [-0.25, -0.2) is 9.59 Å². The zero-order chi connectivity index (χ0) is 57.5. The summed E-state index contributed by atoms with van der Waals surface area (Å²) in [5, 5.41) is 47.1. The average Bonchev–Trinajstić information content (AvgIpc) is 3.42. The van der Waals surface area contributed by atoms with Gasteiger partial charge in [-0.3, -0.25) is 43.2 Å². The highest BCUT2D eigenvalue weighted by atomic mass is 16.5. The summed E-state index contributed by atoms with van der Waals surface area (Å²) in [7, 11) is 3.12. The fourth-order valence-electron chi connectivity index (χ4n) is 7.84. The molecule has 4 rings (SSSR count). The van der Waals surface area contributed by atoms with E-state index >= 15 is 0 Å². The number of hydrogen-bond acceptors (Lipinski definition) is 15. The minimum Gasteiger partial charge on any atom is -0.497 e. The van der Waals surface area contributed by atoms with Crippen molar-refractivity contribution in [1.82, 2.24) is 25.8 Å². The number of carbonyl (C=O) groups is 11. The molecule has 24 nitrogen and oxygen atoms in total. The van der Waals surface area contributed by atoms with E-state index in [4.69, 9.17) is 29.2 Å². The van der Waals surface area contributed by atoms with E-state index in [-0.39, 0.29) is 26.3 Å². The molecule has 0 aromatic heterocycles. The lowest BCUT2D eigenvalue weighted by Gasteiger charge is -2.24. The van der Waals surface area contributed by atoms with Gasteiger partial charge in [0.25, 0.3) is 0 Å². The third-order valence-corrected chi connectivity index (χ3v) is 12.5. The van der Waals surface area contributed by atoms with Gasteiger partial charge in [0.15, 0.2) is 0 Å². The Labute approximate surface area is 448 Å². The number of carboxylic acid groups (broad SMARTS) is 4. The van der Waals surface area contributed by atoms with Crippen LogP contribution in [0.25, 0.3) is 21.5 Å². The number of carboxylic acids is 4. The van der Waals surface area contributed by atoms with Crippen molar-refractivity contribution in [3.8, 4) is 11.5 Å². The van der Waals surface area contributed by atoms with Crippen molar-refractivity contribution in [3.63, 3.8) is 0 Å². The lowest BCUT2D eigenvalue weighted by atomic mass is 9.98. The van der Waals surface area contributed by atoms with Crippen LogP contribution >= 0.6 is 0 Å². The van der Waals surface area contributed by atoms with Crippen LogP contribution in [0, 0.1) is 0 Å². The molecule has 420 valence electrons. The summed E-state index contributed by atoms with van der Waals surface area (Å²) in [6.45, 7) is 0.838. The van der Waals surface area contributed by atoms with Gasteiger partial charge in [0, 0.05) is 51.6 Å². The van der Waals surface area contributed by atoms with Crippen LogP contribution in [-0.2, 0) is 62.2 Å². The SMILES string of the molecule is COc1ccc2cc([C@H](C)C(=O)OCCN(CCOC(=O)[C@@H](C)c3ccc4cc(OC)ccc4c3)C(=O)CCC(=O)NCC(=O)N(CCC(=O)N[C@@H](CCC(=O)O)C(=O)O)CCC(=O)N[C@@H](CCC(=O)O)C(=O)O)ccc2c1. The van der Waals surface area contributed by atoms with E-state index in [1.165, 1.54) is 4.90 Å². The molecular formula is C54H65N5O19. The van der Waals surface area contributed by atoms with E-state index in [0.29, 0.717) is 22.6 Å². The first kappa shape index (κ1) is 61.7. The van der Waals surface area contributed by atoms with Gasteiger partial charge in [-0.05, 0) is 83.6 Å². The molecule has 0 heterocycles. The highest BCUT2D eigenvalue weighted by molar-refractivity contribution is 5.91. The summed E-state index contributed by atoms with van der Waals surface area (Å²) < 4.78 is 21.8. The van der Waals surface area contributed by atoms with Gasteiger partial charge < -0.3 is 65.1 Å². The van der Waals surface area contributed by atoms with Gasteiger partial charge in [0.2, 0.25) is 29.5 Å². The molecule has 0 aliphatic heterocycles. The molecule has 0 saturated carbocycles. The second kappa shape index (κ2) is 30.7. The topological polar surface area (TPSA) is 348 Å². The molecule has 4 aromatic carbocycles. The van der Waals surface area contributed by atoms with Crippen LogP contribution in [0.4, 0.5) is 0 Å². The van der Waals surface area contributed by atoms with Gasteiger partial charge in [-0.2, -0.15) is 0 Å². The highest BCUT2D eigenvalue weighted by Crippen LogP contribution is 2.27. The molecule has 0 bridgehead atoms. The summed E-state index contributed by atoms with van der Waals surface area (Å²) >= 11 is 0. The first-order valence-electron chi connectivity index (χ1n) is 24.9. The smallest absolute Gasteiger partial charge is 0.326 e. The summed E-state index contributed by atoms with van der Waals surface area (Å²) in [4.78, 5) is 140. The third-order valence-electron chi connectivity index (χ3n) is 12.5. The third kappa shape index (κ3) is 20.0. The van der Waals surface area contributed by atoms with Crippen LogP contribution < -0.4 is 25.4 Å². The number of carbonyl (C=O) groups excluding carboxylic acids is 7. The molecule has 5 amide bonds. The van der Waals surface area contributed by atoms with E-state index in [1.807, 2.05) is 48.5 Å². The van der Waals surface area contributed by atoms with Crippen LogP contribution in [0.15, 0.2) is 72.8 Å². The second-order valence-corrected chi connectivity index (χ2v) is 18.0. The van der Waals surface area contributed by atoms with E-state index in [2.05, 4.69) is 16.0 Å². The number of fused-ring (bicyclic) bond motifs is 2. The van der Waals surface area contributed by atoms with Gasteiger partial charge in [-0.15, -0.1) is 0 Å². The maximum atomic E-state index is 13.7. The van der Waals surface area contributed by atoms with Crippen LogP contribution in [0.2, 0.25) is 0 Å². The number of amides is 5. The lowest BCUT2D eigenvalue weighted by Crippen LogP contribution is -2.46. The van der Waals surface area contributed by atoms with Gasteiger partial charge >= 0.3 is 35.8 Å². The van der Waals surface area contributed by atoms with E-state index in [1.54, 1.807) is 52.3 Å². The lowest BCUT2D eigenvalue weighted by molar-refractivity contribution is -0.149. The Morgan fingerprint density at radius 2 is 0.872 bits per heavy atom. The fourth-order valence-corrected chi connectivity index (χ4v) is 7.84. The molecule has 4 aromatic rings. The van der Waals surface area contributed by atoms with Crippen LogP contribution in [-0.4, -0.2) is 168 Å². The molecule has 0 spiro atoms. The average molecular weight is 1090 g/mol. The number of methoxy groups -OCH3 is 2. The minimum atomic E-state index is -1.59. The predicted octanol–water partition coefficient (Wildman–Crippen LogP) is 3.21. The summed E-state index contributed by atoms with van der Waals surface area (Å²) in [6.07, 6.45) is -4.08. The molecule has 7 N–H and O–H groups in total. The van der Waals surface area contributed by atoms with Crippen LogP contribution in [0.3, 0.4) is 0 Å². The predicted molar refractivity (Wildman–Crippen MR) is 277 cm³/mol. The minimum absolute atomic E-state index is 0.161. The number of rotatable bonds is 33. The fraction of sp³-hybridized carbons (Fsp3) is 0.426. The normalized spacial score (nSPS) is 12.4. The molecule has 4 atom stereocenters. The van der Waals surface area contributed by atoms with Crippen molar-refractivity contribution in [3.05, 3.63) is 83.9 Å². The van der Waals surface area contributed by atoms with Gasteiger partial charge in [0.05, 0.1) is 45.7 Å². The molecule has 0 fully saturated rings. The number of nitrogens with zero attached hydrogens (tertiary/aromatic N) is 2. The maximum absolute atomic E-state index is 13.7. The Hall–Kier alpha value is -8.83. The van der Waals surface area contributed by atoms with Crippen molar-refractivity contribution >= 4 is 86.9 Å². The molecule has 0 aliphatic carbocycles. The number of aliphatic carboxylic acids is 4. The van der Waals surface area contributed by atoms with E-state index in [9.17, 15) is 63.0 Å². The zero-order valence-electron chi connectivity index (χ0n) is 43.7. The quantitative estimate of drug-likeness (QED) is 0.0337. The standard InChI is InChI=1S/C54H65N5O19/c1-32(34-5-7-38-29-40(75-3)11-9-36(38)27-34)53(73)77-25-23-59(24-26-78-54(74)33(2)35-6-8-39-30-41(76-4)12-10-37(39)28-35)47(63)16-15-44(60)55-31-48(64)58(21-19-45(61)56-42(51(69)70)13-17-49(65)66)22-20-46(62)57-43(52(71)72)14-18-50(67)68/h5-12,27-30,32-33,42-43H,13-26,31H2,1-4H3,(H,55,60)(H,56,61)(H,57,62)(H,65,66)(H,67,68)(H,69,70)(H,71,72)/t32-,33-,42-,43-/m0/s1. The Kier molecular flexibility index (Phi) is 24.3. The van der Waals surface area contributed by atoms with Crippen molar-refractivity contribution < 1.29 is 92.1 Å². The van der Waals surface area contributed by atoms with Gasteiger partial charge in [-0.1, -0.05) is 48.5 Å². The second-order valence-electron chi connectivity index (χ2n) is 18.0. The molecule has 0 aliphatic rings. The number of benzene rings is 4. The summed E-state index contributed by atoms with van der Waals surface area (Å²) in [6, 6.07) is 18.9. The van der Waals surface area contributed by atoms with E-state index in [0.717, 1.165) is 26.4 Å². The molecule has 78 heavy (non-hydrogen) atoms. The van der Waals surface area contributed by atoms with Gasteiger partial charge in [0.1, 0.15) is 36.8 Å². The zero-order valence-corrected chi connectivity index (χ0v) is 43.7. The molecule has 24 heteroatoms. The molecular weight excluding hydrogens is 1020 g/mol. The molecule has 0 unspecified atom stereocenters. The Morgan fingerprint density at radius 1 is 0.474 bits per heavy atom. The van der Waals surface area contributed by atoms with Crippen molar-refractivity contribution in [2.24, 2.45) is 0 Å². The molecule has 0 radical (unpaired) electrons. The van der Waals surface area contributed by atoms with Crippen molar-refractivity contribution in [1.29, 1.82) is 0 Å². The van der Waals surface area contributed by atoms with Crippen LogP contribution in [0.5, 0.6) is 11.5 Å². The first-order valence-corrected chi connectivity index (χ1v) is 24.9. The number of ether oxygens (including phenoxy) is 4. The largest absolute Gasteiger partial charge is 0.497 e. The number of hydrogen-bond donors (Lipinski definition) is 7. The maximum Gasteiger partial charge on any atom is 0.326 e. The van der Waals surface area contributed by atoms with Crippen molar-refractivity contribution in [2.75, 3.05) is 60.2 Å². The Bertz CT molecular complexity index is 2670. The summed E-state index contributed by atoms with van der Waals surface area (Å²) in [5.74, 6) is -10.9. The van der Waals surface area contributed by atoms with Crippen molar-refractivity contribution in [2.45, 2.75) is 89.1 Å². The van der Waals surface area contributed by atoms with Crippen LogP contribution in [0.1, 0.15) is 88.2 Å². The Morgan fingerprint density at radius 3 is 1.27 bits per heavy atom. The highest BCUT2D eigenvalue weighted by Gasteiger charge is 2.26. The monoisotopic (exact) mass is 1090 g/mol. The summed E-state index contributed by atoms with van der Waals surface area (Å²) in [5.41, 5.74) is 1.36. The molecule has 0 saturated heterocycles. The first-order chi connectivity index (χ1) is 37.1. The van der Waals surface area contributed by atoms with E-state index < -0.39 is 160 Å². The number of esters is 2. The number of nitrogens with one attached hydrogen (secondary N) is 3.